The van der Waals surface area contributed by atoms with Crippen LogP contribution in [0.3, 0.4) is 0 Å². The SMILES string of the molecule is O=C(O)[C@@H](Sc1ccc(F)c(F)c1)c1ccccc1. The first kappa shape index (κ1) is 13.5. The maximum Gasteiger partial charge on any atom is 0.321 e. The second-order valence-corrected chi connectivity index (χ2v) is 5.00. The summed E-state index contributed by atoms with van der Waals surface area (Å²) in [5.74, 6) is -2.96. The molecule has 2 rings (SSSR count). The Hall–Kier alpha value is -1.88. The number of aliphatic carboxylic acids is 1. The number of carboxylic acids is 1. The van der Waals surface area contributed by atoms with E-state index in [0.717, 1.165) is 23.9 Å². The molecule has 1 atom stereocenters. The minimum atomic E-state index is -1.03. The molecule has 0 amide bonds. The topological polar surface area (TPSA) is 37.3 Å². The van der Waals surface area contributed by atoms with Gasteiger partial charge in [-0.15, -0.1) is 11.8 Å². The molecule has 0 saturated carbocycles. The summed E-state index contributed by atoms with van der Waals surface area (Å²) in [6.45, 7) is 0. The summed E-state index contributed by atoms with van der Waals surface area (Å²) in [4.78, 5) is 11.6. The standard InChI is InChI=1S/C14H10F2O2S/c15-11-7-6-10(8-12(11)16)19-13(14(17)18)9-4-2-1-3-5-9/h1-8,13H,(H,17,18)/t13-/m0/s1. The first-order valence-corrected chi connectivity index (χ1v) is 6.35. The van der Waals surface area contributed by atoms with Crippen LogP contribution in [-0.4, -0.2) is 11.1 Å². The molecule has 19 heavy (non-hydrogen) atoms. The zero-order chi connectivity index (χ0) is 13.8. The Kier molecular flexibility index (Phi) is 4.16. The van der Waals surface area contributed by atoms with Crippen LogP contribution in [0, 0.1) is 11.6 Å². The van der Waals surface area contributed by atoms with Gasteiger partial charge in [-0.25, -0.2) is 8.78 Å². The maximum absolute atomic E-state index is 13.1. The highest BCUT2D eigenvalue weighted by Crippen LogP contribution is 2.35. The molecule has 2 aromatic rings. The average Bonchev–Trinajstić information content (AvgIpc) is 2.40. The van der Waals surface area contributed by atoms with Gasteiger partial charge in [-0.2, -0.15) is 0 Å². The van der Waals surface area contributed by atoms with Gasteiger partial charge in [-0.3, -0.25) is 4.79 Å². The van der Waals surface area contributed by atoms with Gasteiger partial charge in [0, 0.05) is 4.90 Å². The molecule has 0 aliphatic heterocycles. The highest BCUT2D eigenvalue weighted by Gasteiger charge is 2.21. The number of thioether (sulfide) groups is 1. The Labute approximate surface area is 113 Å². The number of benzene rings is 2. The van der Waals surface area contributed by atoms with E-state index in [0.29, 0.717) is 10.5 Å². The van der Waals surface area contributed by atoms with Crippen molar-refractivity contribution in [3.05, 3.63) is 65.7 Å². The normalized spacial score (nSPS) is 12.1. The molecule has 0 saturated heterocycles. The van der Waals surface area contributed by atoms with Crippen LogP contribution in [0.1, 0.15) is 10.8 Å². The van der Waals surface area contributed by atoms with E-state index in [9.17, 15) is 18.7 Å². The quantitative estimate of drug-likeness (QED) is 0.863. The number of carbonyl (C=O) groups is 1. The van der Waals surface area contributed by atoms with Crippen LogP contribution in [0.15, 0.2) is 53.4 Å². The van der Waals surface area contributed by atoms with E-state index in [4.69, 9.17) is 0 Å². The number of halogens is 2. The Morgan fingerprint density at radius 2 is 1.74 bits per heavy atom. The van der Waals surface area contributed by atoms with Gasteiger partial charge in [0.15, 0.2) is 11.6 Å². The number of rotatable bonds is 4. The molecule has 98 valence electrons. The summed E-state index contributed by atoms with van der Waals surface area (Å²) in [6, 6.07) is 12.0. The van der Waals surface area contributed by atoms with Crippen molar-refractivity contribution in [2.24, 2.45) is 0 Å². The second kappa shape index (κ2) is 5.84. The van der Waals surface area contributed by atoms with Crippen molar-refractivity contribution in [2.75, 3.05) is 0 Å². The molecule has 0 fully saturated rings. The molecular formula is C14H10F2O2S. The van der Waals surface area contributed by atoms with E-state index in [1.165, 1.54) is 6.07 Å². The molecule has 5 heteroatoms. The van der Waals surface area contributed by atoms with Gasteiger partial charge in [-0.05, 0) is 23.8 Å². The molecule has 0 unspecified atom stereocenters. The summed E-state index contributed by atoms with van der Waals surface area (Å²) in [6.07, 6.45) is 0. The summed E-state index contributed by atoms with van der Waals surface area (Å²) in [7, 11) is 0. The fraction of sp³-hybridized carbons (Fsp3) is 0.0714. The van der Waals surface area contributed by atoms with Gasteiger partial charge >= 0.3 is 5.97 Å². The lowest BCUT2D eigenvalue weighted by molar-refractivity contribution is -0.136. The van der Waals surface area contributed by atoms with Crippen molar-refractivity contribution in [2.45, 2.75) is 10.1 Å². The molecule has 2 nitrogen and oxygen atoms in total. The van der Waals surface area contributed by atoms with E-state index < -0.39 is 22.9 Å². The van der Waals surface area contributed by atoms with Crippen molar-refractivity contribution in [1.29, 1.82) is 0 Å². The highest BCUT2D eigenvalue weighted by atomic mass is 32.2. The smallest absolute Gasteiger partial charge is 0.321 e. The van der Waals surface area contributed by atoms with Crippen molar-refractivity contribution in [3.8, 4) is 0 Å². The predicted octanol–water partition coefficient (Wildman–Crippen LogP) is 3.88. The van der Waals surface area contributed by atoms with Crippen LogP contribution >= 0.6 is 11.8 Å². The van der Waals surface area contributed by atoms with E-state index >= 15 is 0 Å². The fourth-order valence-electron chi connectivity index (χ4n) is 1.58. The monoisotopic (exact) mass is 280 g/mol. The average molecular weight is 280 g/mol. The molecule has 0 heterocycles. The van der Waals surface area contributed by atoms with Gasteiger partial charge in [0.25, 0.3) is 0 Å². The minimum absolute atomic E-state index is 0.371. The zero-order valence-corrected chi connectivity index (χ0v) is 10.5. The van der Waals surface area contributed by atoms with Gasteiger partial charge < -0.3 is 5.11 Å². The summed E-state index contributed by atoms with van der Waals surface area (Å²) in [5, 5.41) is 8.37. The van der Waals surface area contributed by atoms with E-state index in [1.54, 1.807) is 30.3 Å². The number of hydrogen-bond acceptors (Lipinski definition) is 2. The Morgan fingerprint density at radius 1 is 1.05 bits per heavy atom. The molecule has 0 radical (unpaired) electrons. The molecule has 1 N–H and O–H groups in total. The van der Waals surface area contributed by atoms with Crippen LogP contribution in [0.2, 0.25) is 0 Å². The third-order valence-corrected chi connectivity index (χ3v) is 3.71. The first-order valence-electron chi connectivity index (χ1n) is 5.47. The lowest BCUT2D eigenvalue weighted by Crippen LogP contribution is -2.07. The third-order valence-electron chi connectivity index (χ3n) is 2.47. The maximum atomic E-state index is 13.1. The Bertz CT molecular complexity index is 587. The van der Waals surface area contributed by atoms with Crippen molar-refractivity contribution >= 4 is 17.7 Å². The van der Waals surface area contributed by atoms with Crippen LogP contribution < -0.4 is 0 Å². The van der Waals surface area contributed by atoms with Gasteiger partial charge in [0.05, 0.1) is 0 Å². The molecular weight excluding hydrogens is 270 g/mol. The molecule has 2 aromatic carbocycles. The van der Waals surface area contributed by atoms with Gasteiger partial charge in [-0.1, -0.05) is 30.3 Å². The van der Waals surface area contributed by atoms with Gasteiger partial charge in [0.1, 0.15) is 5.25 Å². The second-order valence-electron chi connectivity index (χ2n) is 3.82. The van der Waals surface area contributed by atoms with Gasteiger partial charge in [0.2, 0.25) is 0 Å². The highest BCUT2D eigenvalue weighted by molar-refractivity contribution is 8.00. The summed E-state index contributed by atoms with van der Waals surface area (Å²) in [5.41, 5.74) is 0.602. The van der Waals surface area contributed by atoms with E-state index in [-0.39, 0.29) is 0 Å². The molecule has 0 aliphatic carbocycles. The van der Waals surface area contributed by atoms with Crippen LogP contribution in [0.5, 0.6) is 0 Å². The van der Waals surface area contributed by atoms with Crippen molar-refractivity contribution in [3.63, 3.8) is 0 Å². The summed E-state index contributed by atoms with van der Waals surface area (Å²) >= 11 is 0.967. The zero-order valence-electron chi connectivity index (χ0n) is 9.72. The fourth-order valence-corrected chi connectivity index (χ4v) is 2.56. The first-order chi connectivity index (χ1) is 9.08. The van der Waals surface area contributed by atoms with Crippen LogP contribution in [0.25, 0.3) is 0 Å². The van der Waals surface area contributed by atoms with Crippen LogP contribution in [0.4, 0.5) is 8.78 Å². The Morgan fingerprint density at radius 3 is 2.32 bits per heavy atom. The molecule has 0 aliphatic rings. The largest absolute Gasteiger partial charge is 0.480 e. The lowest BCUT2D eigenvalue weighted by Gasteiger charge is -2.12. The summed E-state index contributed by atoms with van der Waals surface area (Å²) < 4.78 is 25.9. The Balaban J connectivity index is 2.27. The van der Waals surface area contributed by atoms with E-state index in [1.807, 2.05) is 0 Å². The predicted molar refractivity (Wildman–Crippen MR) is 69.0 cm³/mol. The third kappa shape index (κ3) is 3.32. The van der Waals surface area contributed by atoms with E-state index in [2.05, 4.69) is 0 Å². The van der Waals surface area contributed by atoms with Crippen molar-refractivity contribution in [1.82, 2.24) is 0 Å². The molecule has 0 aromatic heterocycles. The minimum Gasteiger partial charge on any atom is -0.480 e. The number of carboxylic acid groups (broad SMARTS) is 1. The molecule has 0 bridgehead atoms. The molecule has 0 spiro atoms. The van der Waals surface area contributed by atoms with Crippen molar-refractivity contribution < 1.29 is 18.7 Å². The van der Waals surface area contributed by atoms with Crippen LogP contribution in [-0.2, 0) is 4.79 Å². The lowest BCUT2D eigenvalue weighted by atomic mass is 10.1. The number of hydrogen-bond donors (Lipinski definition) is 1.